The summed E-state index contributed by atoms with van der Waals surface area (Å²) >= 11 is -1.71. The lowest BCUT2D eigenvalue weighted by Gasteiger charge is -2.12. The first-order valence-corrected chi connectivity index (χ1v) is 7.18. The molecule has 0 aliphatic carbocycles. The van der Waals surface area contributed by atoms with E-state index in [1.807, 2.05) is 29.8 Å². The minimum atomic E-state index is -1.71. The van der Waals surface area contributed by atoms with Crippen LogP contribution in [0, 0.1) is 0 Å². The molecule has 0 fully saturated rings. The molecule has 1 aliphatic rings. The first-order valence-electron chi connectivity index (χ1n) is 6.07. The van der Waals surface area contributed by atoms with Gasteiger partial charge in [-0.15, -0.1) is 0 Å². The lowest BCUT2D eigenvalue weighted by atomic mass is 10.1. The summed E-state index contributed by atoms with van der Waals surface area (Å²) in [5, 5.41) is 0. The van der Waals surface area contributed by atoms with E-state index in [9.17, 15) is 9.00 Å². The molecule has 0 spiro atoms. The second kappa shape index (κ2) is 5.13. The third-order valence-corrected chi connectivity index (χ3v) is 3.84. The van der Waals surface area contributed by atoms with Crippen molar-refractivity contribution in [3.05, 3.63) is 41.9 Å². The van der Waals surface area contributed by atoms with E-state index in [1.54, 1.807) is 6.33 Å². The van der Waals surface area contributed by atoms with Crippen molar-refractivity contribution in [2.45, 2.75) is 0 Å². The molecule has 108 valence electrons. The molecule has 1 unspecified atom stereocenters. The van der Waals surface area contributed by atoms with Crippen molar-refractivity contribution in [2.24, 2.45) is 11.4 Å². The van der Waals surface area contributed by atoms with Crippen LogP contribution in [0.3, 0.4) is 0 Å². The number of aryl methyl sites for hydroxylation is 1. The van der Waals surface area contributed by atoms with Gasteiger partial charge in [-0.2, -0.15) is 4.40 Å². The third kappa shape index (κ3) is 2.45. The van der Waals surface area contributed by atoms with E-state index in [1.165, 1.54) is 13.2 Å². The molecule has 0 radical (unpaired) electrons. The zero-order valence-corrected chi connectivity index (χ0v) is 12.2. The Morgan fingerprint density at radius 2 is 2.24 bits per heavy atom. The van der Waals surface area contributed by atoms with Crippen molar-refractivity contribution >= 4 is 33.9 Å². The molecule has 1 atom stereocenters. The van der Waals surface area contributed by atoms with Crippen LogP contribution in [-0.4, -0.2) is 32.6 Å². The molecular formula is C13H12N4O3S. The van der Waals surface area contributed by atoms with Gasteiger partial charge >= 0.3 is 5.97 Å². The van der Waals surface area contributed by atoms with E-state index < -0.39 is 17.1 Å². The molecule has 0 saturated carbocycles. The highest BCUT2D eigenvalue weighted by Gasteiger charge is 2.19. The topological polar surface area (TPSA) is 85.6 Å². The summed E-state index contributed by atoms with van der Waals surface area (Å²) in [4.78, 5) is 15.8. The average Bonchev–Trinajstić information content (AvgIpc) is 2.86. The first kappa shape index (κ1) is 13.5. The molecule has 1 aliphatic heterocycles. The zero-order valence-electron chi connectivity index (χ0n) is 11.4. The van der Waals surface area contributed by atoms with Crippen molar-refractivity contribution in [1.29, 1.82) is 0 Å². The van der Waals surface area contributed by atoms with Crippen LogP contribution < -0.4 is 4.72 Å². The molecule has 2 aromatic rings. The van der Waals surface area contributed by atoms with Crippen LogP contribution in [-0.2, 0) is 27.8 Å². The van der Waals surface area contributed by atoms with Crippen LogP contribution >= 0.6 is 0 Å². The average molecular weight is 304 g/mol. The van der Waals surface area contributed by atoms with Crippen LogP contribution in [0.2, 0.25) is 0 Å². The lowest BCUT2D eigenvalue weighted by Crippen LogP contribution is -2.27. The molecule has 7 nitrogen and oxygen atoms in total. The monoisotopic (exact) mass is 304 g/mol. The number of methoxy groups -OCH3 is 1. The highest BCUT2D eigenvalue weighted by Crippen LogP contribution is 2.17. The van der Waals surface area contributed by atoms with Gasteiger partial charge in [0.2, 0.25) is 11.2 Å². The van der Waals surface area contributed by atoms with Gasteiger partial charge in [-0.3, -0.25) is 4.72 Å². The van der Waals surface area contributed by atoms with Gasteiger partial charge in [-0.05, 0) is 18.2 Å². The number of allylic oxidation sites excluding steroid dienone is 1. The predicted molar refractivity (Wildman–Crippen MR) is 78.6 cm³/mol. The number of benzene rings is 1. The fourth-order valence-electron chi connectivity index (χ4n) is 2.04. The number of nitrogens with one attached hydrogen (secondary N) is 1. The molecule has 1 N–H and O–H groups in total. The summed E-state index contributed by atoms with van der Waals surface area (Å²) in [6.45, 7) is 0. The maximum absolute atomic E-state index is 11.7. The molecule has 2 heterocycles. The van der Waals surface area contributed by atoms with Gasteiger partial charge < -0.3 is 9.30 Å². The van der Waals surface area contributed by atoms with Gasteiger partial charge in [-0.25, -0.2) is 14.0 Å². The zero-order chi connectivity index (χ0) is 15.0. The van der Waals surface area contributed by atoms with Crippen LogP contribution in [0.4, 0.5) is 0 Å². The van der Waals surface area contributed by atoms with Gasteiger partial charge in [0.25, 0.3) is 0 Å². The minimum absolute atomic E-state index is 0.113. The summed E-state index contributed by atoms with van der Waals surface area (Å²) in [7, 11) is 3.17. The molecule has 1 aromatic heterocycles. The Morgan fingerprint density at radius 3 is 3.00 bits per heavy atom. The number of rotatable bonds is 2. The lowest BCUT2D eigenvalue weighted by molar-refractivity contribution is -0.136. The van der Waals surface area contributed by atoms with Crippen LogP contribution in [0.15, 0.2) is 40.7 Å². The quantitative estimate of drug-likeness (QED) is 0.823. The standard InChI is InChI=1S/C13H12N4O3S/c1-17-7-14-10-5-8(3-4-12(10)17)9-6-11(13(18)20-2)16-21(19)15-9/h3-7,16H,1-2H3. The third-order valence-electron chi connectivity index (χ3n) is 3.09. The Bertz CT molecular complexity index is 822. The normalized spacial score (nSPS) is 17.9. The maximum atomic E-state index is 11.7. The first-order chi connectivity index (χ1) is 10.1. The van der Waals surface area contributed by atoms with Crippen molar-refractivity contribution < 1.29 is 13.7 Å². The number of ether oxygens (including phenoxy) is 1. The molecule has 21 heavy (non-hydrogen) atoms. The Morgan fingerprint density at radius 1 is 1.43 bits per heavy atom. The van der Waals surface area contributed by atoms with E-state index in [0.29, 0.717) is 5.71 Å². The van der Waals surface area contributed by atoms with Crippen LogP contribution in [0.1, 0.15) is 5.56 Å². The number of esters is 1. The van der Waals surface area contributed by atoms with E-state index >= 15 is 0 Å². The van der Waals surface area contributed by atoms with Gasteiger partial charge in [-0.1, -0.05) is 6.07 Å². The Kier molecular flexibility index (Phi) is 3.30. The van der Waals surface area contributed by atoms with Crippen LogP contribution in [0.5, 0.6) is 0 Å². The van der Waals surface area contributed by atoms with E-state index in [-0.39, 0.29) is 5.70 Å². The van der Waals surface area contributed by atoms with Gasteiger partial charge in [0.15, 0.2) is 0 Å². The van der Waals surface area contributed by atoms with Gasteiger partial charge in [0, 0.05) is 12.6 Å². The number of nitrogens with zero attached hydrogens (tertiary/aromatic N) is 3. The second-order valence-corrected chi connectivity index (χ2v) is 5.32. The van der Waals surface area contributed by atoms with E-state index in [2.05, 4.69) is 18.8 Å². The number of carbonyl (C=O) groups is 1. The second-order valence-electron chi connectivity index (χ2n) is 4.44. The number of imidazole rings is 1. The van der Waals surface area contributed by atoms with Gasteiger partial charge in [0.1, 0.15) is 5.70 Å². The van der Waals surface area contributed by atoms with E-state index in [0.717, 1.165) is 16.6 Å². The Balaban J connectivity index is 2.06. The molecule has 3 rings (SSSR count). The van der Waals surface area contributed by atoms with E-state index in [4.69, 9.17) is 0 Å². The summed E-state index contributed by atoms with van der Waals surface area (Å²) in [6, 6.07) is 5.58. The molecule has 0 bridgehead atoms. The number of carbonyl (C=O) groups excluding carboxylic acids is 1. The maximum Gasteiger partial charge on any atom is 0.355 e. The van der Waals surface area contributed by atoms with Gasteiger partial charge in [0.05, 0.1) is 30.2 Å². The number of hydrogen-bond donors (Lipinski definition) is 1. The number of fused-ring (bicyclic) bond motifs is 1. The fraction of sp³-hybridized carbons (Fsp3) is 0.154. The summed E-state index contributed by atoms with van der Waals surface area (Å²) in [5.74, 6) is -0.588. The van der Waals surface area contributed by atoms with Crippen molar-refractivity contribution in [2.75, 3.05) is 7.11 Å². The Hall–Kier alpha value is -2.48. The van der Waals surface area contributed by atoms with Crippen molar-refractivity contribution in [1.82, 2.24) is 14.3 Å². The summed E-state index contributed by atoms with van der Waals surface area (Å²) in [5.41, 5.74) is 3.07. The molecule has 1 aromatic carbocycles. The van der Waals surface area contributed by atoms with Crippen molar-refractivity contribution in [3.63, 3.8) is 0 Å². The minimum Gasteiger partial charge on any atom is -0.464 e. The molecule has 0 amide bonds. The Labute approximate surface area is 123 Å². The van der Waals surface area contributed by atoms with Crippen LogP contribution in [0.25, 0.3) is 11.0 Å². The smallest absolute Gasteiger partial charge is 0.355 e. The predicted octanol–water partition coefficient (Wildman–Crippen LogP) is 0.601. The SMILES string of the molecule is COC(=O)C1=CC(c2ccc3c(c2)ncn3C)=NS(=O)N1. The fourth-order valence-corrected chi connectivity index (χ4v) is 2.75. The number of hydrogen-bond acceptors (Lipinski definition) is 4. The summed E-state index contributed by atoms with van der Waals surface area (Å²) in [6.07, 6.45) is 3.23. The summed E-state index contributed by atoms with van der Waals surface area (Å²) < 4.78 is 24.7. The van der Waals surface area contributed by atoms with Crippen molar-refractivity contribution in [3.8, 4) is 0 Å². The molecule has 0 saturated heterocycles. The largest absolute Gasteiger partial charge is 0.464 e. The molecular weight excluding hydrogens is 292 g/mol. The highest BCUT2D eigenvalue weighted by molar-refractivity contribution is 7.82. The molecule has 8 heteroatoms. The highest BCUT2D eigenvalue weighted by atomic mass is 32.2. The number of aromatic nitrogens is 2.